The summed E-state index contributed by atoms with van der Waals surface area (Å²) in [5.41, 5.74) is 2.26. The number of ether oxygens (including phenoxy) is 1. The van der Waals surface area contributed by atoms with Gasteiger partial charge in [-0.2, -0.15) is 4.98 Å². The molecule has 0 unspecified atom stereocenters. The van der Waals surface area contributed by atoms with Gasteiger partial charge < -0.3 is 14.6 Å². The summed E-state index contributed by atoms with van der Waals surface area (Å²) in [5, 5.41) is 7.21. The highest BCUT2D eigenvalue weighted by molar-refractivity contribution is 6.33. The van der Waals surface area contributed by atoms with Crippen LogP contribution < -0.4 is 10.1 Å². The number of hydrogen-bond acceptors (Lipinski definition) is 5. The largest absolute Gasteiger partial charge is 0.489 e. The number of carbonyl (C=O) groups excluding carboxylic acids is 1. The smallest absolute Gasteiger partial charge is 0.251 e. The second-order valence-corrected chi connectivity index (χ2v) is 6.88. The van der Waals surface area contributed by atoms with Gasteiger partial charge in [0.2, 0.25) is 11.7 Å². The summed E-state index contributed by atoms with van der Waals surface area (Å²) in [5.74, 6) is 1.12. The Hall–Kier alpha value is -3.64. The summed E-state index contributed by atoms with van der Waals surface area (Å²) < 4.78 is 10.9. The Morgan fingerprint density at radius 3 is 2.47 bits per heavy atom. The quantitative estimate of drug-likeness (QED) is 0.461. The van der Waals surface area contributed by atoms with Crippen LogP contribution in [0.25, 0.3) is 11.4 Å². The zero-order valence-corrected chi connectivity index (χ0v) is 16.7. The van der Waals surface area contributed by atoms with E-state index in [1.54, 1.807) is 36.4 Å². The van der Waals surface area contributed by atoms with Crippen molar-refractivity contribution in [2.75, 3.05) is 0 Å². The van der Waals surface area contributed by atoms with Gasteiger partial charge in [0.05, 0.1) is 11.6 Å². The van der Waals surface area contributed by atoms with E-state index < -0.39 is 0 Å². The van der Waals surface area contributed by atoms with Gasteiger partial charge in [-0.3, -0.25) is 4.79 Å². The minimum Gasteiger partial charge on any atom is -0.489 e. The lowest BCUT2D eigenvalue weighted by Gasteiger charge is -2.07. The zero-order chi connectivity index (χ0) is 20.8. The number of aromatic nitrogens is 2. The van der Waals surface area contributed by atoms with Gasteiger partial charge in [-0.05, 0) is 42.0 Å². The fourth-order valence-electron chi connectivity index (χ4n) is 2.78. The summed E-state index contributed by atoms with van der Waals surface area (Å²) >= 11 is 6.14. The van der Waals surface area contributed by atoms with Gasteiger partial charge >= 0.3 is 0 Å². The summed E-state index contributed by atoms with van der Waals surface area (Å²) in [7, 11) is 0. The Balaban J connectivity index is 1.31. The fraction of sp³-hybridized carbons (Fsp3) is 0.0870. The molecule has 150 valence electrons. The molecule has 0 aliphatic carbocycles. The van der Waals surface area contributed by atoms with Crippen molar-refractivity contribution in [3.05, 3.63) is 101 Å². The van der Waals surface area contributed by atoms with E-state index in [9.17, 15) is 4.79 Å². The molecule has 0 bridgehead atoms. The maximum Gasteiger partial charge on any atom is 0.251 e. The van der Waals surface area contributed by atoms with Gasteiger partial charge in [-0.1, -0.05) is 59.2 Å². The molecule has 4 rings (SSSR count). The van der Waals surface area contributed by atoms with Gasteiger partial charge in [0.25, 0.3) is 5.91 Å². The topological polar surface area (TPSA) is 77.3 Å². The monoisotopic (exact) mass is 419 g/mol. The molecule has 1 amide bonds. The van der Waals surface area contributed by atoms with Gasteiger partial charge in [0, 0.05) is 11.1 Å². The first-order valence-electron chi connectivity index (χ1n) is 9.31. The first-order chi connectivity index (χ1) is 14.7. The Kier molecular flexibility index (Phi) is 6.06. The van der Waals surface area contributed by atoms with Gasteiger partial charge in [0.1, 0.15) is 12.4 Å². The van der Waals surface area contributed by atoms with Crippen molar-refractivity contribution in [2.24, 2.45) is 0 Å². The second-order valence-electron chi connectivity index (χ2n) is 6.47. The molecule has 0 atom stereocenters. The highest BCUT2D eigenvalue weighted by atomic mass is 35.5. The summed E-state index contributed by atoms with van der Waals surface area (Å²) in [4.78, 5) is 16.7. The van der Waals surface area contributed by atoms with E-state index in [0.717, 1.165) is 5.56 Å². The van der Waals surface area contributed by atoms with E-state index in [-0.39, 0.29) is 12.5 Å². The Labute approximate surface area is 178 Å². The lowest BCUT2D eigenvalue weighted by Crippen LogP contribution is -2.22. The maximum absolute atomic E-state index is 12.4. The first kappa shape index (κ1) is 19.7. The predicted octanol–water partition coefficient (Wildman–Crippen LogP) is 4.90. The van der Waals surface area contributed by atoms with Crippen LogP contribution in [0.3, 0.4) is 0 Å². The zero-order valence-electron chi connectivity index (χ0n) is 15.9. The van der Waals surface area contributed by atoms with Crippen molar-refractivity contribution in [2.45, 2.75) is 13.2 Å². The molecule has 0 saturated carbocycles. The van der Waals surface area contributed by atoms with Crippen LogP contribution in [0.15, 0.2) is 83.4 Å². The number of carbonyl (C=O) groups is 1. The molecular formula is C23H18ClN3O3. The number of halogens is 1. The van der Waals surface area contributed by atoms with Crippen molar-refractivity contribution < 1.29 is 14.1 Å². The number of nitrogens with zero attached hydrogens (tertiary/aromatic N) is 2. The molecule has 4 aromatic rings. The third kappa shape index (κ3) is 4.85. The molecule has 30 heavy (non-hydrogen) atoms. The molecule has 0 radical (unpaired) electrons. The molecule has 0 saturated heterocycles. The molecule has 0 spiro atoms. The van der Waals surface area contributed by atoms with E-state index in [2.05, 4.69) is 15.5 Å². The van der Waals surface area contributed by atoms with Gasteiger partial charge in [-0.25, -0.2) is 0 Å². The van der Waals surface area contributed by atoms with E-state index >= 15 is 0 Å². The third-order valence-electron chi connectivity index (χ3n) is 4.35. The number of rotatable bonds is 7. The molecule has 6 nitrogen and oxygen atoms in total. The third-order valence-corrected chi connectivity index (χ3v) is 4.68. The van der Waals surface area contributed by atoms with Gasteiger partial charge in [0.15, 0.2) is 0 Å². The van der Waals surface area contributed by atoms with E-state index in [4.69, 9.17) is 20.9 Å². The van der Waals surface area contributed by atoms with Crippen LogP contribution in [-0.4, -0.2) is 16.0 Å². The van der Waals surface area contributed by atoms with E-state index in [1.165, 1.54) is 0 Å². The molecule has 0 aliphatic rings. The minimum atomic E-state index is -0.248. The van der Waals surface area contributed by atoms with Crippen LogP contribution in [0.1, 0.15) is 21.8 Å². The molecule has 1 heterocycles. The van der Waals surface area contributed by atoms with Crippen LogP contribution >= 0.6 is 11.6 Å². The fourth-order valence-corrected chi connectivity index (χ4v) is 3.00. The standard InChI is InChI=1S/C23H18ClN3O3/c24-20-9-5-4-8-19(20)22-26-21(30-27-22)14-25-23(28)17-10-12-18(13-11-17)29-15-16-6-2-1-3-7-16/h1-13H,14-15H2,(H,25,28). The number of nitrogens with one attached hydrogen (secondary N) is 1. The number of benzene rings is 3. The molecule has 7 heteroatoms. The highest BCUT2D eigenvalue weighted by Crippen LogP contribution is 2.24. The molecule has 1 aromatic heterocycles. The normalized spacial score (nSPS) is 10.6. The first-order valence-corrected chi connectivity index (χ1v) is 9.69. The Bertz CT molecular complexity index is 1130. The van der Waals surface area contributed by atoms with E-state index in [0.29, 0.717) is 40.2 Å². The van der Waals surface area contributed by atoms with Crippen LogP contribution in [-0.2, 0) is 13.2 Å². The average molecular weight is 420 g/mol. The van der Waals surface area contributed by atoms with Crippen LogP contribution in [0.4, 0.5) is 0 Å². The van der Waals surface area contributed by atoms with Crippen LogP contribution in [0.5, 0.6) is 5.75 Å². The molecular weight excluding hydrogens is 402 g/mol. The lowest BCUT2D eigenvalue weighted by atomic mass is 10.2. The summed E-state index contributed by atoms with van der Waals surface area (Å²) in [6, 6.07) is 24.0. The van der Waals surface area contributed by atoms with Crippen molar-refractivity contribution >= 4 is 17.5 Å². The Morgan fingerprint density at radius 2 is 1.70 bits per heavy atom. The molecule has 1 N–H and O–H groups in total. The average Bonchev–Trinajstić information content (AvgIpc) is 3.26. The van der Waals surface area contributed by atoms with Crippen molar-refractivity contribution in [3.63, 3.8) is 0 Å². The molecule has 0 fully saturated rings. The summed E-state index contributed by atoms with van der Waals surface area (Å²) in [6.45, 7) is 0.583. The van der Waals surface area contributed by atoms with E-state index in [1.807, 2.05) is 42.5 Å². The van der Waals surface area contributed by atoms with Gasteiger partial charge in [-0.15, -0.1) is 0 Å². The molecule has 3 aromatic carbocycles. The van der Waals surface area contributed by atoms with Crippen molar-refractivity contribution in [1.82, 2.24) is 15.5 Å². The summed E-state index contributed by atoms with van der Waals surface area (Å²) in [6.07, 6.45) is 0. The lowest BCUT2D eigenvalue weighted by molar-refractivity contribution is 0.0946. The van der Waals surface area contributed by atoms with Crippen molar-refractivity contribution in [1.29, 1.82) is 0 Å². The molecule has 0 aliphatic heterocycles. The SMILES string of the molecule is O=C(NCc1nc(-c2ccccc2Cl)no1)c1ccc(OCc2ccccc2)cc1. The van der Waals surface area contributed by atoms with Crippen LogP contribution in [0, 0.1) is 0 Å². The number of hydrogen-bond donors (Lipinski definition) is 1. The van der Waals surface area contributed by atoms with Crippen LogP contribution in [0.2, 0.25) is 5.02 Å². The highest BCUT2D eigenvalue weighted by Gasteiger charge is 2.13. The second kappa shape index (κ2) is 9.24. The maximum atomic E-state index is 12.4. The minimum absolute atomic E-state index is 0.114. The number of amides is 1. The van der Waals surface area contributed by atoms with Crippen molar-refractivity contribution in [3.8, 4) is 17.1 Å². The Morgan fingerprint density at radius 1 is 0.967 bits per heavy atom. The predicted molar refractivity (Wildman–Crippen MR) is 113 cm³/mol.